The first-order valence-corrected chi connectivity index (χ1v) is 9.53. The number of hydrogen-bond acceptors (Lipinski definition) is 6. The number of anilines is 2. The monoisotopic (exact) mass is 336 g/mol. The van der Waals surface area contributed by atoms with Crippen LogP contribution in [0.3, 0.4) is 0 Å². The maximum Gasteiger partial charge on any atom is 0.135 e. The van der Waals surface area contributed by atoms with Gasteiger partial charge >= 0.3 is 0 Å². The number of aryl methyl sites for hydroxylation is 1. The third-order valence-electron chi connectivity index (χ3n) is 5.67. The van der Waals surface area contributed by atoms with Crippen molar-refractivity contribution in [3.05, 3.63) is 35.7 Å². The molecule has 6 heteroatoms. The highest BCUT2D eigenvalue weighted by Crippen LogP contribution is 2.39. The number of aromatic nitrogens is 4. The summed E-state index contributed by atoms with van der Waals surface area (Å²) >= 11 is 0. The first-order valence-electron chi connectivity index (χ1n) is 9.53. The Bertz CT molecular complexity index is 764. The number of piperazine rings is 1. The predicted octanol–water partition coefficient (Wildman–Crippen LogP) is 2.35. The molecule has 2 aliphatic carbocycles. The SMILES string of the molecule is c1nc(C2CC2)cc(N2CCN(c3ncnc4c3CCCC4)CC2)n1. The largest absolute Gasteiger partial charge is 0.353 e. The maximum absolute atomic E-state index is 4.63. The van der Waals surface area contributed by atoms with E-state index in [0.717, 1.165) is 44.8 Å². The van der Waals surface area contributed by atoms with Crippen molar-refractivity contribution in [2.24, 2.45) is 0 Å². The van der Waals surface area contributed by atoms with Crippen molar-refractivity contribution in [3.8, 4) is 0 Å². The second kappa shape index (κ2) is 6.24. The fraction of sp³-hybridized carbons (Fsp3) is 0.579. The van der Waals surface area contributed by atoms with E-state index in [2.05, 4.69) is 35.8 Å². The average molecular weight is 336 g/mol. The molecule has 0 bridgehead atoms. The van der Waals surface area contributed by atoms with Crippen molar-refractivity contribution in [2.75, 3.05) is 36.0 Å². The van der Waals surface area contributed by atoms with Crippen molar-refractivity contribution >= 4 is 11.6 Å². The zero-order valence-electron chi connectivity index (χ0n) is 14.6. The first kappa shape index (κ1) is 15.0. The van der Waals surface area contributed by atoms with E-state index in [-0.39, 0.29) is 0 Å². The summed E-state index contributed by atoms with van der Waals surface area (Å²) < 4.78 is 0. The van der Waals surface area contributed by atoms with E-state index in [0.29, 0.717) is 5.92 Å². The third-order valence-corrected chi connectivity index (χ3v) is 5.67. The van der Waals surface area contributed by atoms with Gasteiger partial charge in [0, 0.05) is 55.1 Å². The molecule has 0 N–H and O–H groups in total. The molecule has 0 amide bonds. The summed E-state index contributed by atoms with van der Waals surface area (Å²) in [5.74, 6) is 2.93. The van der Waals surface area contributed by atoms with Crippen LogP contribution < -0.4 is 9.80 Å². The molecule has 1 aliphatic heterocycles. The molecule has 0 radical (unpaired) electrons. The van der Waals surface area contributed by atoms with E-state index in [4.69, 9.17) is 0 Å². The minimum atomic E-state index is 0.676. The van der Waals surface area contributed by atoms with Gasteiger partial charge in [-0.05, 0) is 38.5 Å². The van der Waals surface area contributed by atoms with Crippen LogP contribution in [0.4, 0.5) is 11.6 Å². The average Bonchev–Trinajstić information content (AvgIpc) is 3.53. The summed E-state index contributed by atoms with van der Waals surface area (Å²) in [4.78, 5) is 22.9. The fourth-order valence-corrected chi connectivity index (χ4v) is 4.06. The van der Waals surface area contributed by atoms with E-state index < -0.39 is 0 Å². The summed E-state index contributed by atoms with van der Waals surface area (Å²) in [6, 6.07) is 2.19. The molecule has 2 fully saturated rings. The van der Waals surface area contributed by atoms with Gasteiger partial charge < -0.3 is 9.80 Å². The summed E-state index contributed by atoms with van der Waals surface area (Å²) in [6.07, 6.45) is 10.8. The van der Waals surface area contributed by atoms with Crippen LogP contribution in [0, 0.1) is 0 Å². The molecule has 2 aromatic heterocycles. The lowest BCUT2D eigenvalue weighted by Gasteiger charge is -2.37. The summed E-state index contributed by atoms with van der Waals surface area (Å²) in [5.41, 5.74) is 3.88. The standard InChI is InChI=1S/C19H24N6/c1-2-4-16-15(3-1)19(23-13-20-16)25-9-7-24(8-10-25)18-11-17(14-5-6-14)21-12-22-18/h11-14H,1-10H2. The quantitative estimate of drug-likeness (QED) is 0.857. The van der Waals surface area contributed by atoms with Gasteiger partial charge in [0.15, 0.2) is 0 Å². The highest BCUT2D eigenvalue weighted by atomic mass is 15.3. The highest BCUT2D eigenvalue weighted by Gasteiger charge is 2.27. The molecule has 0 unspecified atom stereocenters. The second-order valence-corrected chi connectivity index (χ2v) is 7.38. The molecule has 6 nitrogen and oxygen atoms in total. The van der Waals surface area contributed by atoms with Crippen molar-refractivity contribution in [2.45, 2.75) is 44.4 Å². The minimum absolute atomic E-state index is 0.676. The normalized spacial score (nSPS) is 20.5. The fourth-order valence-electron chi connectivity index (χ4n) is 4.06. The Balaban J connectivity index is 1.31. The summed E-state index contributed by atoms with van der Waals surface area (Å²) in [5, 5.41) is 0. The van der Waals surface area contributed by atoms with E-state index in [9.17, 15) is 0 Å². The smallest absolute Gasteiger partial charge is 0.135 e. The molecule has 1 saturated heterocycles. The molecule has 1 saturated carbocycles. The van der Waals surface area contributed by atoms with Gasteiger partial charge in [0.05, 0.1) is 0 Å². The number of fused-ring (bicyclic) bond motifs is 1. The van der Waals surface area contributed by atoms with E-state index in [1.165, 1.54) is 48.5 Å². The molecule has 3 heterocycles. The second-order valence-electron chi connectivity index (χ2n) is 7.38. The Morgan fingerprint density at radius 3 is 2.40 bits per heavy atom. The van der Waals surface area contributed by atoms with Gasteiger partial charge in [-0.3, -0.25) is 0 Å². The predicted molar refractivity (Wildman–Crippen MR) is 97.1 cm³/mol. The molecule has 0 atom stereocenters. The van der Waals surface area contributed by atoms with Crippen molar-refractivity contribution in [3.63, 3.8) is 0 Å². The Kier molecular flexibility index (Phi) is 3.76. The lowest BCUT2D eigenvalue weighted by atomic mass is 9.96. The molecule has 130 valence electrons. The van der Waals surface area contributed by atoms with Crippen LogP contribution in [0.2, 0.25) is 0 Å². The first-order chi connectivity index (χ1) is 12.4. The molecule has 3 aliphatic rings. The Morgan fingerprint density at radius 1 is 0.800 bits per heavy atom. The summed E-state index contributed by atoms with van der Waals surface area (Å²) in [6.45, 7) is 3.96. The highest BCUT2D eigenvalue weighted by molar-refractivity contribution is 5.52. The van der Waals surface area contributed by atoms with Crippen molar-refractivity contribution in [1.29, 1.82) is 0 Å². The molecule has 5 rings (SSSR count). The number of rotatable bonds is 3. The number of hydrogen-bond donors (Lipinski definition) is 0. The molecule has 25 heavy (non-hydrogen) atoms. The Hall–Kier alpha value is -2.24. The van der Waals surface area contributed by atoms with Gasteiger partial charge in [0.25, 0.3) is 0 Å². The van der Waals surface area contributed by atoms with Gasteiger partial charge in [-0.15, -0.1) is 0 Å². The van der Waals surface area contributed by atoms with Crippen LogP contribution in [0.15, 0.2) is 18.7 Å². The van der Waals surface area contributed by atoms with Gasteiger partial charge in [0.2, 0.25) is 0 Å². The van der Waals surface area contributed by atoms with Crippen LogP contribution >= 0.6 is 0 Å². The molecule has 0 aromatic carbocycles. The summed E-state index contributed by atoms with van der Waals surface area (Å²) in [7, 11) is 0. The van der Waals surface area contributed by atoms with Crippen LogP contribution in [0.5, 0.6) is 0 Å². The minimum Gasteiger partial charge on any atom is -0.353 e. The van der Waals surface area contributed by atoms with Gasteiger partial charge in [-0.2, -0.15) is 0 Å². The van der Waals surface area contributed by atoms with Crippen LogP contribution in [-0.2, 0) is 12.8 Å². The van der Waals surface area contributed by atoms with E-state index in [1.54, 1.807) is 12.7 Å². The maximum atomic E-state index is 4.63. The van der Waals surface area contributed by atoms with Crippen LogP contribution in [0.1, 0.15) is 48.6 Å². The lowest BCUT2D eigenvalue weighted by Crippen LogP contribution is -2.47. The van der Waals surface area contributed by atoms with Crippen LogP contribution in [-0.4, -0.2) is 46.1 Å². The topological polar surface area (TPSA) is 58.0 Å². The Labute approximate surface area is 148 Å². The van der Waals surface area contributed by atoms with E-state index >= 15 is 0 Å². The van der Waals surface area contributed by atoms with Gasteiger partial charge in [0.1, 0.15) is 24.3 Å². The molecule has 0 spiro atoms. The van der Waals surface area contributed by atoms with Crippen molar-refractivity contribution in [1.82, 2.24) is 19.9 Å². The van der Waals surface area contributed by atoms with Gasteiger partial charge in [-0.1, -0.05) is 0 Å². The molecular weight excluding hydrogens is 312 g/mol. The van der Waals surface area contributed by atoms with Crippen LogP contribution in [0.25, 0.3) is 0 Å². The Morgan fingerprint density at radius 2 is 1.56 bits per heavy atom. The zero-order chi connectivity index (χ0) is 16.6. The third kappa shape index (κ3) is 2.94. The van der Waals surface area contributed by atoms with Crippen molar-refractivity contribution < 1.29 is 0 Å². The lowest BCUT2D eigenvalue weighted by molar-refractivity contribution is 0.619. The van der Waals surface area contributed by atoms with E-state index in [1.807, 2.05) is 0 Å². The number of nitrogens with zero attached hydrogens (tertiary/aromatic N) is 6. The molecular formula is C19H24N6. The van der Waals surface area contributed by atoms with Gasteiger partial charge in [-0.25, -0.2) is 19.9 Å². The molecule has 2 aromatic rings. The zero-order valence-corrected chi connectivity index (χ0v) is 14.6.